The van der Waals surface area contributed by atoms with Crippen LogP contribution in [0.3, 0.4) is 0 Å². The lowest BCUT2D eigenvalue weighted by Crippen LogP contribution is -2.46. The summed E-state index contributed by atoms with van der Waals surface area (Å²) in [6.07, 6.45) is 0.745. The van der Waals surface area contributed by atoms with Crippen LogP contribution in [0.15, 0.2) is 24.3 Å². The average Bonchev–Trinajstić information content (AvgIpc) is 2.43. The number of rotatable bonds is 5. The summed E-state index contributed by atoms with van der Waals surface area (Å²) in [5.74, 6) is 0.232. The van der Waals surface area contributed by atoms with Crippen LogP contribution in [-0.2, 0) is 9.84 Å². The zero-order valence-corrected chi connectivity index (χ0v) is 13.4. The second kappa shape index (κ2) is 6.85. The van der Waals surface area contributed by atoms with Gasteiger partial charge in [-0.25, -0.2) is 12.8 Å². The smallest absolute Gasteiger partial charge is 0.153 e. The van der Waals surface area contributed by atoms with Gasteiger partial charge in [0.15, 0.2) is 9.84 Å². The van der Waals surface area contributed by atoms with Gasteiger partial charge in [0.05, 0.1) is 11.5 Å². The first-order valence-electron chi connectivity index (χ1n) is 7.27. The molecule has 1 N–H and O–H groups in total. The molecule has 2 atom stereocenters. The van der Waals surface area contributed by atoms with E-state index in [-0.39, 0.29) is 29.4 Å². The Kier molecular flexibility index (Phi) is 5.35. The Morgan fingerprint density at radius 1 is 1.43 bits per heavy atom. The van der Waals surface area contributed by atoms with Crippen LogP contribution in [0.25, 0.3) is 0 Å². The van der Waals surface area contributed by atoms with E-state index in [4.69, 9.17) is 0 Å². The van der Waals surface area contributed by atoms with E-state index >= 15 is 0 Å². The van der Waals surface area contributed by atoms with Crippen molar-refractivity contribution in [3.63, 3.8) is 0 Å². The SMILES string of the molecule is CC(c1ccccc1F)N(C)CCC1CS(=O)(=O)CCN1. The molecule has 1 fully saturated rings. The van der Waals surface area contributed by atoms with Gasteiger partial charge in [-0.05, 0) is 33.0 Å². The van der Waals surface area contributed by atoms with Gasteiger partial charge >= 0.3 is 0 Å². The van der Waals surface area contributed by atoms with Crippen molar-refractivity contribution in [2.24, 2.45) is 0 Å². The van der Waals surface area contributed by atoms with E-state index in [2.05, 4.69) is 10.2 Å². The quantitative estimate of drug-likeness (QED) is 0.897. The van der Waals surface area contributed by atoms with Gasteiger partial charge in [0.25, 0.3) is 0 Å². The van der Waals surface area contributed by atoms with Crippen LogP contribution < -0.4 is 5.32 Å². The van der Waals surface area contributed by atoms with Gasteiger partial charge in [-0.3, -0.25) is 4.90 Å². The molecular weight excluding hydrogens is 291 g/mol. The topological polar surface area (TPSA) is 49.4 Å². The van der Waals surface area contributed by atoms with Crippen molar-refractivity contribution in [1.82, 2.24) is 10.2 Å². The van der Waals surface area contributed by atoms with Gasteiger partial charge in [-0.2, -0.15) is 0 Å². The van der Waals surface area contributed by atoms with Gasteiger partial charge in [0.1, 0.15) is 5.82 Å². The molecule has 2 rings (SSSR count). The van der Waals surface area contributed by atoms with Crippen molar-refractivity contribution in [1.29, 1.82) is 0 Å². The molecule has 0 spiro atoms. The molecule has 1 aromatic carbocycles. The summed E-state index contributed by atoms with van der Waals surface area (Å²) in [5, 5.41) is 3.24. The van der Waals surface area contributed by atoms with Crippen molar-refractivity contribution in [2.75, 3.05) is 31.6 Å². The normalized spacial score (nSPS) is 23.1. The van der Waals surface area contributed by atoms with Crippen molar-refractivity contribution >= 4 is 9.84 Å². The van der Waals surface area contributed by atoms with Crippen LogP contribution in [0.4, 0.5) is 4.39 Å². The van der Waals surface area contributed by atoms with Gasteiger partial charge in [-0.1, -0.05) is 18.2 Å². The number of sulfone groups is 1. The number of benzene rings is 1. The summed E-state index contributed by atoms with van der Waals surface area (Å²) in [4.78, 5) is 2.06. The van der Waals surface area contributed by atoms with Crippen LogP contribution in [0.5, 0.6) is 0 Å². The maximum absolute atomic E-state index is 13.8. The second-order valence-electron chi connectivity index (χ2n) is 5.73. The summed E-state index contributed by atoms with van der Waals surface area (Å²) in [6, 6.07) is 6.74. The summed E-state index contributed by atoms with van der Waals surface area (Å²) < 4.78 is 37.0. The summed E-state index contributed by atoms with van der Waals surface area (Å²) in [5.41, 5.74) is 0.671. The van der Waals surface area contributed by atoms with Crippen LogP contribution >= 0.6 is 0 Å². The lowest BCUT2D eigenvalue weighted by atomic mass is 10.1. The Labute approximate surface area is 126 Å². The minimum absolute atomic E-state index is 0.000907. The minimum atomic E-state index is -2.90. The number of nitrogens with zero attached hydrogens (tertiary/aromatic N) is 1. The van der Waals surface area contributed by atoms with Crippen molar-refractivity contribution < 1.29 is 12.8 Å². The first-order chi connectivity index (χ1) is 9.89. The second-order valence-corrected chi connectivity index (χ2v) is 7.96. The van der Waals surface area contributed by atoms with Gasteiger partial charge < -0.3 is 5.32 Å². The predicted octanol–water partition coefficient (Wildman–Crippen LogP) is 1.60. The van der Waals surface area contributed by atoms with E-state index in [1.807, 2.05) is 20.0 Å². The molecule has 0 radical (unpaired) electrons. The molecule has 0 saturated carbocycles. The average molecular weight is 314 g/mol. The zero-order valence-electron chi connectivity index (χ0n) is 12.5. The molecule has 4 nitrogen and oxygen atoms in total. The third-order valence-electron chi connectivity index (χ3n) is 4.15. The van der Waals surface area contributed by atoms with E-state index in [1.165, 1.54) is 6.07 Å². The number of hydrogen-bond acceptors (Lipinski definition) is 4. The number of hydrogen-bond donors (Lipinski definition) is 1. The summed E-state index contributed by atoms with van der Waals surface area (Å²) in [7, 11) is -0.961. The molecule has 0 bridgehead atoms. The monoisotopic (exact) mass is 314 g/mol. The molecule has 0 aromatic heterocycles. The van der Waals surface area contributed by atoms with Gasteiger partial charge in [0.2, 0.25) is 0 Å². The Morgan fingerprint density at radius 3 is 2.81 bits per heavy atom. The molecule has 1 heterocycles. The first-order valence-corrected chi connectivity index (χ1v) is 9.09. The predicted molar refractivity (Wildman–Crippen MR) is 82.5 cm³/mol. The van der Waals surface area contributed by atoms with Gasteiger partial charge in [0, 0.05) is 24.2 Å². The van der Waals surface area contributed by atoms with Crippen molar-refractivity contribution in [3.8, 4) is 0 Å². The molecule has 0 amide bonds. The Bertz CT molecular complexity index is 577. The van der Waals surface area contributed by atoms with E-state index in [1.54, 1.807) is 12.1 Å². The molecule has 1 aromatic rings. The fourth-order valence-electron chi connectivity index (χ4n) is 2.66. The first kappa shape index (κ1) is 16.4. The number of nitrogens with one attached hydrogen (secondary N) is 1. The molecule has 1 saturated heterocycles. The lowest BCUT2D eigenvalue weighted by Gasteiger charge is -2.29. The molecular formula is C15H23FN2O2S. The Morgan fingerprint density at radius 2 is 2.14 bits per heavy atom. The third-order valence-corrected chi connectivity index (χ3v) is 5.88. The fourth-order valence-corrected chi connectivity index (χ4v) is 4.15. The highest BCUT2D eigenvalue weighted by Crippen LogP contribution is 2.22. The third kappa shape index (κ3) is 4.49. The highest BCUT2D eigenvalue weighted by atomic mass is 32.2. The standard InChI is InChI=1S/C15H23FN2O2S/c1-12(14-5-3-4-6-15(14)16)18(2)9-7-13-11-21(19,20)10-8-17-13/h3-6,12-13,17H,7-11H2,1-2H3. The molecule has 2 unspecified atom stereocenters. The zero-order chi connectivity index (χ0) is 15.5. The fraction of sp³-hybridized carbons (Fsp3) is 0.600. The molecule has 1 aliphatic heterocycles. The van der Waals surface area contributed by atoms with Crippen molar-refractivity contribution in [2.45, 2.75) is 25.4 Å². The van der Waals surface area contributed by atoms with Gasteiger partial charge in [-0.15, -0.1) is 0 Å². The molecule has 21 heavy (non-hydrogen) atoms. The van der Waals surface area contributed by atoms with E-state index < -0.39 is 9.84 Å². The molecule has 1 aliphatic rings. The maximum Gasteiger partial charge on any atom is 0.153 e. The van der Waals surface area contributed by atoms with Crippen molar-refractivity contribution in [3.05, 3.63) is 35.6 Å². The largest absolute Gasteiger partial charge is 0.312 e. The van der Waals surface area contributed by atoms with E-state index in [0.717, 1.165) is 13.0 Å². The van der Waals surface area contributed by atoms with Crippen LogP contribution in [0, 0.1) is 5.82 Å². The summed E-state index contributed by atoms with van der Waals surface area (Å²) >= 11 is 0. The lowest BCUT2D eigenvalue weighted by molar-refractivity contribution is 0.243. The van der Waals surface area contributed by atoms with Crippen LogP contribution in [-0.4, -0.2) is 51.0 Å². The summed E-state index contributed by atoms with van der Waals surface area (Å²) in [6.45, 7) is 3.21. The van der Waals surface area contributed by atoms with E-state index in [0.29, 0.717) is 12.1 Å². The maximum atomic E-state index is 13.8. The van der Waals surface area contributed by atoms with Crippen LogP contribution in [0.2, 0.25) is 0 Å². The molecule has 0 aliphatic carbocycles. The Balaban J connectivity index is 1.90. The minimum Gasteiger partial charge on any atom is -0.312 e. The van der Waals surface area contributed by atoms with E-state index in [9.17, 15) is 12.8 Å². The molecule has 6 heteroatoms. The Hall–Kier alpha value is -0.980. The highest BCUT2D eigenvalue weighted by Gasteiger charge is 2.25. The van der Waals surface area contributed by atoms with Crippen LogP contribution in [0.1, 0.15) is 24.9 Å². The molecule has 118 valence electrons. The highest BCUT2D eigenvalue weighted by molar-refractivity contribution is 7.91. The number of halogens is 1.